The van der Waals surface area contributed by atoms with Crippen LogP contribution < -0.4 is 0 Å². The fourth-order valence-electron chi connectivity index (χ4n) is 2.60. The summed E-state index contributed by atoms with van der Waals surface area (Å²) in [6.07, 6.45) is 2.13. The zero-order valence-electron chi connectivity index (χ0n) is 15.2. The molecule has 0 saturated heterocycles. The van der Waals surface area contributed by atoms with Gasteiger partial charge in [-0.05, 0) is 47.8 Å². The normalized spacial score (nSPS) is 12.5. The molecule has 0 radical (unpaired) electrons. The van der Waals surface area contributed by atoms with Gasteiger partial charge in [0, 0.05) is 17.6 Å². The minimum absolute atomic E-state index is 0.102. The van der Waals surface area contributed by atoms with E-state index in [1.165, 1.54) is 14.2 Å². The second-order valence-corrected chi connectivity index (χ2v) is 6.36. The number of benzene rings is 1. The first kappa shape index (κ1) is 20.3. The van der Waals surface area contributed by atoms with E-state index in [1.54, 1.807) is 29.9 Å². The number of aryl methyl sites for hydroxylation is 2. The van der Waals surface area contributed by atoms with Crippen molar-refractivity contribution >= 4 is 35.2 Å². The lowest BCUT2D eigenvalue weighted by molar-refractivity contribution is 0.200. The molecule has 5 nitrogen and oxygen atoms in total. The molecule has 0 spiro atoms. The van der Waals surface area contributed by atoms with Crippen LogP contribution in [0.1, 0.15) is 23.7 Å². The van der Waals surface area contributed by atoms with Gasteiger partial charge in [-0.25, -0.2) is 4.39 Å². The highest BCUT2D eigenvalue weighted by atomic mass is 35.5. The maximum absolute atomic E-state index is 14.7. The van der Waals surface area contributed by atoms with Gasteiger partial charge in [0.25, 0.3) is 5.90 Å². The van der Waals surface area contributed by atoms with Crippen molar-refractivity contribution in [1.29, 1.82) is 0 Å². The van der Waals surface area contributed by atoms with Crippen LogP contribution in [0.3, 0.4) is 0 Å². The van der Waals surface area contributed by atoms with Crippen molar-refractivity contribution < 1.29 is 14.0 Å². The van der Waals surface area contributed by atoms with Crippen LogP contribution in [0.2, 0.25) is 5.02 Å². The second kappa shape index (κ2) is 8.56. The van der Waals surface area contributed by atoms with Crippen LogP contribution in [0.15, 0.2) is 22.3 Å². The summed E-state index contributed by atoms with van der Waals surface area (Å²) in [6.45, 7) is 3.73. The fourth-order valence-corrected chi connectivity index (χ4v) is 3.11. The molecule has 0 atom stereocenters. The first-order valence-corrected chi connectivity index (χ1v) is 8.64. The second-order valence-electron chi connectivity index (χ2n) is 5.55. The van der Waals surface area contributed by atoms with E-state index in [-0.39, 0.29) is 22.4 Å². The van der Waals surface area contributed by atoms with E-state index < -0.39 is 0 Å². The number of aromatic nitrogens is 2. The quantitative estimate of drug-likeness (QED) is 0.406. The van der Waals surface area contributed by atoms with Crippen LogP contribution in [0.5, 0.6) is 0 Å². The van der Waals surface area contributed by atoms with E-state index in [0.717, 1.165) is 5.56 Å². The average molecular weight is 400 g/mol. The Kier molecular flexibility index (Phi) is 6.67. The van der Waals surface area contributed by atoms with Crippen LogP contribution >= 0.6 is 23.2 Å². The van der Waals surface area contributed by atoms with Gasteiger partial charge in [-0.1, -0.05) is 30.1 Å². The predicted octanol–water partition coefficient (Wildman–Crippen LogP) is 4.94. The van der Waals surface area contributed by atoms with Gasteiger partial charge in [-0.2, -0.15) is 5.10 Å². The third kappa shape index (κ3) is 4.02. The maximum atomic E-state index is 14.7. The van der Waals surface area contributed by atoms with Crippen molar-refractivity contribution in [3.8, 4) is 11.3 Å². The number of methoxy groups -OCH3 is 1. The summed E-state index contributed by atoms with van der Waals surface area (Å²) in [5.74, 6) is -0.232. The van der Waals surface area contributed by atoms with E-state index in [4.69, 9.17) is 27.9 Å². The van der Waals surface area contributed by atoms with Crippen LogP contribution in [0.25, 0.3) is 17.3 Å². The summed E-state index contributed by atoms with van der Waals surface area (Å²) in [5, 5.41) is 8.66. The Hall–Kier alpha value is -2.05. The molecule has 0 aliphatic carbocycles. The topological polar surface area (TPSA) is 48.6 Å². The standard InChI is InChI=1S/C18H20Cl2FN3O2/c1-6-15-16(21)17(22-24(15)3)12-8-11(13(19)7-10(12)2)9-14(20)18(25-4)23-26-5/h7-9H,6H2,1-5H3/b14-9+,23-18-. The Morgan fingerprint density at radius 3 is 2.62 bits per heavy atom. The van der Waals surface area contributed by atoms with Gasteiger partial charge in [0.05, 0.1) is 12.8 Å². The SMILES string of the molecule is CCc1c(F)c(-c2cc(/C=C(Cl)\C(=N\OC)OC)c(Cl)cc2C)nn1C. The number of hydrogen-bond acceptors (Lipinski definition) is 4. The molecule has 0 fully saturated rings. The molecule has 1 aromatic heterocycles. The van der Waals surface area contributed by atoms with Crippen molar-refractivity contribution in [3.63, 3.8) is 0 Å². The van der Waals surface area contributed by atoms with E-state index >= 15 is 0 Å². The van der Waals surface area contributed by atoms with Crippen LogP contribution in [-0.4, -0.2) is 29.9 Å². The van der Waals surface area contributed by atoms with Gasteiger partial charge in [-0.3, -0.25) is 4.68 Å². The molecule has 0 unspecified atom stereocenters. The molecule has 0 amide bonds. The molecule has 0 aliphatic rings. The molecule has 0 aliphatic heterocycles. The fraction of sp³-hybridized carbons (Fsp3) is 0.333. The van der Waals surface area contributed by atoms with Gasteiger partial charge < -0.3 is 9.57 Å². The molecule has 2 aromatic rings. The van der Waals surface area contributed by atoms with Gasteiger partial charge >= 0.3 is 0 Å². The molecule has 140 valence electrons. The number of hydrogen-bond donors (Lipinski definition) is 0. The summed E-state index contributed by atoms with van der Waals surface area (Å²) in [5.41, 5.74) is 2.85. The molecule has 0 bridgehead atoms. The molecule has 0 saturated carbocycles. The Bertz CT molecular complexity index is 876. The molecule has 0 N–H and O–H groups in total. The number of oxime groups is 1. The van der Waals surface area contributed by atoms with Crippen molar-refractivity contribution in [2.45, 2.75) is 20.3 Å². The van der Waals surface area contributed by atoms with Gasteiger partial charge in [0.2, 0.25) is 0 Å². The van der Waals surface area contributed by atoms with Crippen molar-refractivity contribution in [2.24, 2.45) is 12.2 Å². The first-order chi connectivity index (χ1) is 12.3. The zero-order valence-corrected chi connectivity index (χ0v) is 16.7. The van der Waals surface area contributed by atoms with Gasteiger partial charge in [-0.15, -0.1) is 0 Å². The highest BCUT2D eigenvalue weighted by molar-refractivity contribution is 6.44. The number of halogens is 3. The lowest BCUT2D eigenvalue weighted by atomic mass is 10.0. The molecule has 26 heavy (non-hydrogen) atoms. The molecule has 2 rings (SSSR count). The van der Waals surface area contributed by atoms with Crippen molar-refractivity contribution in [3.05, 3.63) is 44.8 Å². The highest BCUT2D eigenvalue weighted by Crippen LogP contribution is 2.32. The summed E-state index contributed by atoms with van der Waals surface area (Å²) < 4.78 is 21.3. The molecule has 1 heterocycles. The molecular formula is C18H20Cl2FN3O2. The molecular weight excluding hydrogens is 380 g/mol. The predicted molar refractivity (Wildman–Crippen MR) is 103 cm³/mol. The lowest BCUT2D eigenvalue weighted by Crippen LogP contribution is -2.02. The van der Waals surface area contributed by atoms with Crippen LogP contribution in [0, 0.1) is 12.7 Å². The van der Waals surface area contributed by atoms with Gasteiger partial charge in [0.15, 0.2) is 5.82 Å². The summed E-state index contributed by atoms with van der Waals surface area (Å²) in [4.78, 5) is 4.68. The van der Waals surface area contributed by atoms with E-state index in [2.05, 4.69) is 15.1 Å². The monoisotopic (exact) mass is 399 g/mol. The van der Waals surface area contributed by atoms with E-state index in [9.17, 15) is 4.39 Å². The van der Waals surface area contributed by atoms with E-state index in [0.29, 0.717) is 28.3 Å². The third-order valence-corrected chi connectivity index (χ3v) is 4.49. The molecule has 8 heteroatoms. The maximum Gasteiger partial charge on any atom is 0.268 e. The smallest absolute Gasteiger partial charge is 0.268 e. The minimum Gasteiger partial charge on any atom is -0.478 e. The number of ether oxygens (including phenoxy) is 1. The Labute approximate surface area is 162 Å². The Morgan fingerprint density at radius 1 is 1.38 bits per heavy atom. The summed E-state index contributed by atoms with van der Waals surface area (Å²) in [7, 11) is 4.53. The zero-order chi connectivity index (χ0) is 19.4. The van der Waals surface area contributed by atoms with Crippen molar-refractivity contribution in [1.82, 2.24) is 9.78 Å². The third-order valence-electron chi connectivity index (χ3n) is 3.89. The summed E-state index contributed by atoms with van der Waals surface area (Å²) in [6, 6.07) is 3.48. The largest absolute Gasteiger partial charge is 0.478 e. The Balaban J connectivity index is 2.59. The van der Waals surface area contributed by atoms with E-state index in [1.807, 2.05) is 13.8 Å². The van der Waals surface area contributed by atoms with Gasteiger partial charge in [0.1, 0.15) is 17.8 Å². The number of nitrogens with zero attached hydrogens (tertiary/aromatic N) is 3. The minimum atomic E-state index is -0.333. The number of rotatable bonds is 5. The van der Waals surface area contributed by atoms with Crippen molar-refractivity contribution in [2.75, 3.05) is 14.2 Å². The summed E-state index contributed by atoms with van der Waals surface area (Å²) >= 11 is 12.6. The first-order valence-electron chi connectivity index (χ1n) is 7.88. The van der Waals surface area contributed by atoms with Crippen LogP contribution in [-0.2, 0) is 23.0 Å². The highest BCUT2D eigenvalue weighted by Gasteiger charge is 2.19. The molecule has 1 aromatic carbocycles. The lowest BCUT2D eigenvalue weighted by Gasteiger charge is -2.09. The Morgan fingerprint density at radius 2 is 2.08 bits per heavy atom. The van der Waals surface area contributed by atoms with Crippen LogP contribution in [0.4, 0.5) is 4.39 Å². The average Bonchev–Trinajstić information content (AvgIpc) is 2.88.